The molecule has 8 heteroatoms. The molecule has 0 unspecified atom stereocenters. The van der Waals surface area contributed by atoms with Crippen LogP contribution in [0.5, 0.6) is 11.5 Å². The highest BCUT2D eigenvalue weighted by molar-refractivity contribution is 5.99. The molecular formula is C22H28N4O4. The molecule has 0 aromatic heterocycles. The Kier molecular flexibility index (Phi) is 8.10. The smallest absolute Gasteiger partial charge is 0.250 e. The molecule has 0 saturated heterocycles. The van der Waals surface area contributed by atoms with E-state index in [1.165, 1.54) is 6.08 Å². The van der Waals surface area contributed by atoms with E-state index < -0.39 is 0 Å². The molecule has 0 aliphatic carbocycles. The van der Waals surface area contributed by atoms with Crippen LogP contribution in [0.15, 0.2) is 54.2 Å². The molecule has 0 spiro atoms. The lowest BCUT2D eigenvalue weighted by atomic mass is 10.1. The van der Waals surface area contributed by atoms with Gasteiger partial charge in [0, 0.05) is 37.2 Å². The highest BCUT2D eigenvalue weighted by Crippen LogP contribution is 2.27. The van der Waals surface area contributed by atoms with E-state index >= 15 is 0 Å². The molecule has 0 heterocycles. The second-order valence-electron chi connectivity index (χ2n) is 6.80. The first-order chi connectivity index (χ1) is 14.3. The first kappa shape index (κ1) is 22.6. The summed E-state index contributed by atoms with van der Waals surface area (Å²) < 4.78 is 10.4. The molecule has 2 aromatic carbocycles. The van der Waals surface area contributed by atoms with Crippen molar-refractivity contribution in [2.24, 2.45) is 0 Å². The minimum Gasteiger partial charge on any atom is -0.493 e. The molecule has 2 amide bonds. The number of hydrogen-bond acceptors (Lipinski definition) is 6. The van der Waals surface area contributed by atoms with Crippen LogP contribution in [0.25, 0.3) is 0 Å². The zero-order valence-electron chi connectivity index (χ0n) is 17.9. The Morgan fingerprint density at radius 2 is 1.63 bits per heavy atom. The number of hydrazine groups is 1. The van der Waals surface area contributed by atoms with Crippen LogP contribution >= 0.6 is 0 Å². The van der Waals surface area contributed by atoms with Crippen molar-refractivity contribution in [3.05, 3.63) is 59.8 Å². The van der Waals surface area contributed by atoms with E-state index in [9.17, 15) is 9.59 Å². The third kappa shape index (κ3) is 6.73. The van der Waals surface area contributed by atoms with E-state index in [-0.39, 0.29) is 18.2 Å². The first-order valence-electron chi connectivity index (χ1n) is 9.34. The minimum atomic E-state index is -0.299. The van der Waals surface area contributed by atoms with Crippen LogP contribution < -0.4 is 30.5 Å². The maximum Gasteiger partial charge on any atom is 0.250 e. The highest BCUT2D eigenvalue weighted by atomic mass is 16.5. The molecule has 2 aromatic rings. The SMILES string of the molecule is COc1ccc(CC(=O)NN/C(C)=C\C(=O)Nc2ccc(N(C)C)cc2)cc1OC. The van der Waals surface area contributed by atoms with Crippen molar-refractivity contribution in [2.75, 3.05) is 38.5 Å². The van der Waals surface area contributed by atoms with E-state index in [2.05, 4.69) is 16.2 Å². The van der Waals surface area contributed by atoms with Gasteiger partial charge in [-0.25, -0.2) is 0 Å². The monoisotopic (exact) mass is 412 g/mol. The minimum absolute atomic E-state index is 0.144. The normalized spacial score (nSPS) is 10.8. The molecular weight excluding hydrogens is 384 g/mol. The van der Waals surface area contributed by atoms with Crippen LogP contribution in [0.2, 0.25) is 0 Å². The summed E-state index contributed by atoms with van der Waals surface area (Å²) in [4.78, 5) is 26.3. The number of nitrogens with one attached hydrogen (secondary N) is 3. The van der Waals surface area contributed by atoms with Crippen molar-refractivity contribution in [3.63, 3.8) is 0 Å². The summed E-state index contributed by atoms with van der Waals surface area (Å²) in [7, 11) is 6.99. The number of nitrogens with zero attached hydrogens (tertiary/aromatic N) is 1. The number of carbonyl (C=O) groups excluding carboxylic acids is 2. The van der Waals surface area contributed by atoms with Crippen molar-refractivity contribution in [1.29, 1.82) is 0 Å². The van der Waals surface area contributed by atoms with Crippen molar-refractivity contribution in [1.82, 2.24) is 10.9 Å². The Hall–Kier alpha value is -3.68. The summed E-state index contributed by atoms with van der Waals surface area (Å²) in [5.41, 5.74) is 8.30. The van der Waals surface area contributed by atoms with E-state index in [0.29, 0.717) is 22.9 Å². The van der Waals surface area contributed by atoms with Gasteiger partial charge in [-0.2, -0.15) is 0 Å². The van der Waals surface area contributed by atoms with Gasteiger partial charge in [-0.3, -0.25) is 15.0 Å². The van der Waals surface area contributed by atoms with Crippen LogP contribution in [0.1, 0.15) is 12.5 Å². The predicted molar refractivity (Wildman–Crippen MR) is 118 cm³/mol. The Morgan fingerprint density at radius 1 is 0.967 bits per heavy atom. The summed E-state index contributed by atoms with van der Waals surface area (Å²) in [6.45, 7) is 1.69. The predicted octanol–water partition coefficient (Wildman–Crippen LogP) is 2.48. The largest absolute Gasteiger partial charge is 0.493 e. The molecule has 2 rings (SSSR count). The third-order valence-corrected chi connectivity index (χ3v) is 4.21. The molecule has 0 aliphatic heterocycles. The van der Waals surface area contributed by atoms with Crippen LogP contribution in [-0.4, -0.2) is 40.1 Å². The van der Waals surface area contributed by atoms with E-state index in [0.717, 1.165) is 11.3 Å². The Labute approximate surface area is 176 Å². The average Bonchev–Trinajstić information content (AvgIpc) is 2.72. The van der Waals surface area contributed by atoms with Gasteiger partial charge in [0.15, 0.2) is 11.5 Å². The van der Waals surface area contributed by atoms with Gasteiger partial charge >= 0.3 is 0 Å². The number of amides is 2. The van der Waals surface area contributed by atoms with Gasteiger partial charge in [0.05, 0.1) is 20.6 Å². The van der Waals surface area contributed by atoms with Gasteiger partial charge < -0.3 is 25.1 Å². The molecule has 160 valence electrons. The second-order valence-corrected chi connectivity index (χ2v) is 6.80. The fourth-order valence-electron chi connectivity index (χ4n) is 2.64. The first-order valence-corrected chi connectivity index (χ1v) is 9.34. The van der Waals surface area contributed by atoms with Gasteiger partial charge in [-0.05, 0) is 48.9 Å². The van der Waals surface area contributed by atoms with Crippen molar-refractivity contribution in [2.45, 2.75) is 13.3 Å². The zero-order valence-corrected chi connectivity index (χ0v) is 17.9. The molecule has 30 heavy (non-hydrogen) atoms. The lowest BCUT2D eigenvalue weighted by Gasteiger charge is -2.13. The number of anilines is 2. The molecule has 0 aliphatic rings. The lowest BCUT2D eigenvalue weighted by molar-refractivity contribution is -0.121. The molecule has 0 bridgehead atoms. The summed E-state index contributed by atoms with van der Waals surface area (Å²) in [6.07, 6.45) is 1.52. The van der Waals surface area contributed by atoms with Crippen molar-refractivity contribution < 1.29 is 19.1 Å². The molecule has 8 nitrogen and oxygen atoms in total. The number of benzene rings is 2. The van der Waals surface area contributed by atoms with E-state index in [4.69, 9.17) is 9.47 Å². The average molecular weight is 412 g/mol. The topological polar surface area (TPSA) is 91.9 Å². The second kappa shape index (κ2) is 10.8. The zero-order chi connectivity index (χ0) is 22.1. The fourth-order valence-corrected chi connectivity index (χ4v) is 2.64. The van der Waals surface area contributed by atoms with Gasteiger partial charge in [0.25, 0.3) is 0 Å². The van der Waals surface area contributed by atoms with Crippen LogP contribution in [0, 0.1) is 0 Å². The van der Waals surface area contributed by atoms with Gasteiger partial charge in [-0.1, -0.05) is 6.07 Å². The number of hydrogen-bond donors (Lipinski definition) is 3. The van der Waals surface area contributed by atoms with E-state index in [1.807, 2.05) is 43.3 Å². The van der Waals surface area contributed by atoms with Crippen LogP contribution in [-0.2, 0) is 16.0 Å². The van der Waals surface area contributed by atoms with Gasteiger partial charge in [-0.15, -0.1) is 0 Å². The van der Waals surface area contributed by atoms with E-state index in [1.54, 1.807) is 39.3 Å². The Morgan fingerprint density at radius 3 is 2.23 bits per heavy atom. The fraction of sp³-hybridized carbons (Fsp3) is 0.273. The van der Waals surface area contributed by atoms with Crippen molar-refractivity contribution in [3.8, 4) is 11.5 Å². The number of methoxy groups -OCH3 is 2. The standard InChI is InChI=1S/C22H28N4O4/c1-15(12-21(27)23-17-7-9-18(10-8-17)26(2)3)24-25-22(28)14-16-6-11-19(29-4)20(13-16)30-5/h6-13,24H,14H2,1-5H3,(H,23,27)(H,25,28)/b15-12-. The van der Waals surface area contributed by atoms with Gasteiger partial charge in [0.2, 0.25) is 11.8 Å². The Balaban J connectivity index is 1.85. The van der Waals surface area contributed by atoms with Crippen LogP contribution in [0.4, 0.5) is 11.4 Å². The lowest BCUT2D eigenvalue weighted by Crippen LogP contribution is -2.37. The maximum absolute atomic E-state index is 12.2. The summed E-state index contributed by atoms with van der Waals surface area (Å²) in [6, 6.07) is 12.8. The number of allylic oxidation sites excluding steroid dienone is 1. The molecule has 3 N–H and O–H groups in total. The van der Waals surface area contributed by atoms with Gasteiger partial charge in [0.1, 0.15) is 0 Å². The van der Waals surface area contributed by atoms with Crippen molar-refractivity contribution >= 4 is 23.2 Å². The molecule has 0 atom stereocenters. The summed E-state index contributed by atoms with van der Waals surface area (Å²) >= 11 is 0. The molecule has 0 saturated carbocycles. The molecule has 0 radical (unpaired) electrons. The Bertz CT molecular complexity index is 908. The maximum atomic E-state index is 12.2. The number of carbonyl (C=O) groups is 2. The number of ether oxygens (including phenoxy) is 2. The molecule has 0 fully saturated rings. The summed E-state index contributed by atoms with van der Waals surface area (Å²) in [5, 5.41) is 2.78. The third-order valence-electron chi connectivity index (χ3n) is 4.21. The quantitative estimate of drug-likeness (QED) is 0.433. The summed E-state index contributed by atoms with van der Waals surface area (Å²) in [5.74, 6) is 0.601. The van der Waals surface area contributed by atoms with Crippen LogP contribution in [0.3, 0.4) is 0 Å². The highest BCUT2D eigenvalue weighted by Gasteiger charge is 2.08. The number of rotatable bonds is 9.